The number of nitrogens with zero attached hydrogens (tertiary/aromatic N) is 2. The van der Waals surface area contributed by atoms with Crippen LogP contribution in [0.15, 0.2) is 84.9 Å². The van der Waals surface area contributed by atoms with Crippen molar-refractivity contribution in [1.29, 1.82) is 0 Å². The number of hydrogen-bond acceptors (Lipinski definition) is 6. The number of esters is 1. The lowest BCUT2D eigenvalue weighted by molar-refractivity contribution is -0.127. The fraction of sp³-hybridized carbons (Fsp3) is 0.148. The zero-order valence-corrected chi connectivity index (χ0v) is 20.7. The molecule has 9 nitrogen and oxygen atoms in total. The molecule has 1 aliphatic heterocycles. The molecular weight excluding hydrogens is 492 g/mol. The molecule has 0 saturated carbocycles. The van der Waals surface area contributed by atoms with Gasteiger partial charge < -0.3 is 10.1 Å². The van der Waals surface area contributed by atoms with Gasteiger partial charge >= 0.3 is 5.97 Å². The molecule has 2 N–H and O–H groups in total. The molecule has 1 fully saturated rings. The number of thiocarbonyl (C=S) groups is 1. The fourth-order valence-corrected chi connectivity index (χ4v) is 4.14. The fourth-order valence-electron chi connectivity index (χ4n) is 3.76. The van der Waals surface area contributed by atoms with Gasteiger partial charge in [-0.05, 0) is 67.7 Å². The van der Waals surface area contributed by atoms with E-state index in [2.05, 4.69) is 10.7 Å². The summed E-state index contributed by atoms with van der Waals surface area (Å²) in [5, 5.41) is 3.93. The Bertz CT molecular complexity index is 1320. The van der Waals surface area contributed by atoms with Crippen LogP contribution in [-0.2, 0) is 14.3 Å². The largest absolute Gasteiger partial charge is 0.462 e. The van der Waals surface area contributed by atoms with Gasteiger partial charge in [-0.25, -0.2) is 9.80 Å². The number of hydrogen-bond donors (Lipinski definition) is 2. The molecule has 1 aliphatic rings. The summed E-state index contributed by atoms with van der Waals surface area (Å²) < 4.78 is 4.97. The van der Waals surface area contributed by atoms with Crippen molar-refractivity contribution in [3.8, 4) is 0 Å². The monoisotopic (exact) mass is 516 g/mol. The number of amides is 3. The van der Waals surface area contributed by atoms with E-state index in [0.717, 1.165) is 0 Å². The molecule has 0 unspecified atom stereocenters. The van der Waals surface area contributed by atoms with E-state index >= 15 is 0 Å². The Morgan fingerprint density at radius 3 is 2.16 bits per heavy atom. The summed E-state index contributed by atoms with van der Waals surface area (Å²) in [5.74, 6) is -1.90. The molecule has 3 aromatic rings. The van der Waals surface area contributed by atoms with Crippen LogP contribution in [0.4, 0.5) is 11.4 Å². The number of hydrazine groups is 1. The third-order valence-corrected chi connectivity index (χ3v) is 5.94. The van der Waals surface area contributed by atoms with Crippen LogP contribution in [-0.4, -0.2) is 46.5 Å². The molecular formula is C27H24N4O5S. The highest BCUT2D eigenvalue weighted by Gasteiger charge is 2.42. The zero-order chi connectivity index (χ0) is 26.4. The van der Waals surface area contributed by atoms with Crippen molar-refractivity contribution >= 4 is 52.4 Å². The average molecular weight is 517 g/mol. The number of carbonyl (C=O) groups excluding carboxylic acids is 4. The molecule has 1 atom stereocenters. The minimum Gasteiger partial charge on any atom is -0.462 e. The molecule has 188 valence electrons. The SMILES string of the molecule is CCOC(=O)c1ccc(NC(=O)[C@@H]2CC(=O)N(c3ccccc3)C(=S)N2NC(=O)c2ccccc2)cc1. The molecule has 1 heterocycles. The zero-order valence-electron chi connectivity index (χ0n) is 19.9. The third-order valence-electron chi connectivity index (χ3n) is 5.57. The average Bonchev–Trinajstić information content (AvgIpc) is 2.91. The smallest absolute Gasteiger partial charge is 0.338 e. The second-order valence-corrected chi connectivity index (χ2v) is 8.40. The maximum Gasteiger partial charge on any atom is 0.338 e. The lowest BCUT2D eigenvalue weighted by atomic mass is 10.1. The lowest BCUT2D eigenvalue weighted by Gasteiger charge is -2.41. The normalized spacial score (nSPS) is 15.2. The van der Waals surface area contributed by atoms with Crippen LogP contribution in [0.1, 0.15) is 34.1 Å². The molecule has 0 aliphatic carbocycles. The Labute approximate surface area is 219 Å². The summed E-state index contributed by atoms with van der Waals surface area (Å²) in [4.78, 5) is 52.6. The van der Waals surface area contributed by atoms with Crippen LogP contribution in [0.2, 0.25) is 0 Å². The van der Waals surface area contributed by atoms with E-state index in [1.807, 2.05) is 0 Å². The quantitative estimate of drug-likeness (QED) is 0.365. The Morgan fingerprint density at radius 1 is 0.919 bits per heavy atom. The summed E-state index contributed by atoms with van der Waals surface area (Å²) >= 11 is 5.59. The van der Waals surface area contributed by atoms with E-state index in [1.54, 1.807) is 79.7 Å². The van der Waals surface area contributed by atoms with Crippen molar-refractivity contribution in [2.45, 2.75) is 19.4 Å². The van der Waals surface area contributed by atoms with Gasteiger partial charge in [-0.3, -0.25) is 24.7 Å². The minimum absolute atomic E-state index is 0.0375. The Hall–Kier alpha value is -4.57. The molecule has 1 saturated heterocycles. The first kappa shape index (κ1) is 25.5. The van der Waals surface area contributed by atoms with Gasteiger partial charge in [0.1, 0.15) is 6.04 Å². The Morgan fingerprint density at radius 2 is 1.54 bits per heavy atom. The van der Waals surface area contributed by atoms with Crippen molar-refractivity contribution in [3.63, 3.8) is 0 Å². The maximum absolute atomic E-state index is 13.3. The van der Waals surface area contributed by atoms with E-state index in [4.69, 9.17) is 17.0 Å². The van der Waals surface area contributed by atoms with Crippen LogP contribution in [0.25, 0.3) is 0 Å². The molecule has 0 bridgehead atoms. The van der Waals surface area contributed by atoms with Gasteiger partial charge in [0.05, 0.1) is 24.3 Å². The van der Waals surface area contributed by atoms with E-state index in [0.29, 0.717) is 22.5 Å². The van der Waals surface area contributed by atoms with Gasteiger partial charge in [0.15, 0.2) is 0 Å². The number of benzene rings is 3. The number of anilines is 2. The molecule has 10 heteroatoms. The Kier molecular flexibility index (Phi) is 7.89. The number of carbonyl (C=O) groups is 4. The number of ether oxygens (including phenoxy) is 1. The summed E-state index contributed by atoms with van der Waals surface area (Å²) in [6, 6.07) is 22.3. The second-order valence-electron chi connectivity index (χ2n) is 8.03. The predicted molar refractivity (Wildman–Crippen MR) is 142 cm³/mol. The van der Waals surface area contributed by atoms with Crippen LogP contribution >= 0.6 is 12.2 Å². The van der Waals surface area contributed by atoms with Crippen molar-refractivity contribution in [3.05, 3.63) is 96.1 Å². The van der Waals surface area contributed by atoms with Gasteiger partial charge in [0.25, 0.3) is 5.91 Å². The van der Waals surface area contributed by atoms with Crippen molar-refractivity contribution in [1.82, 2.24) is 10.4 Å². The molecule has 0 radical (unpaired) electrons. The third kappa shape index (κ3) is 5.81. The topological polar surface area (TPSA) is 108 Å². The first-order valence-corrected chi connectivity index (χ1v) is 11.9. The molecule has 3 aromatic carbocycles. The summed E-state index contributed by atoms with van der Waals surface area (Å²) in [5.41, 5.74) is 4.32. The van der Waals surface area contributed by atoms with Gasteiger partial charge in [-0.15, -0.1) is 0 Å². The molecule has 3 amide bonds. The predicted octanol–water partition coefficient (Wildman–Crippen LogP) is 3.54. The van der Waals surface area contributed by atoms with E-state index in [9.17, 15) is 19.2 Å². The molecule has 37 heavy (non-hydrogen) atoms. The van der Waals surface area contributed by atoms with Crippen LogP contribution in [0, 0.1) is 0 Å². The van der Waals surface area contributed by atoms with Crippen LogP contribution in [0.3, 0.4) is 0 Å². The lowest BCUT2D eigenvalue weighted by Crippen LogP contribution is -2.65. The second kappa shape index (κ2) is 11.4. The highest BCUT2D eigenvalue weighted by Crippen LogP contribution is 2.25. The molecule has 0 aromatic heterocycles. The van der Waals surface area contributed by atoms with Crippen LogP contribution in [0.5, 0.6) is 0 Å². The summed E-state index contributed by atoms with van der Waals surface area (Å²) in [6.07, 6.45) is -0.239. The van der Waals surface area contributed by atoms with Gasteiger partial charge in [0, 0.05) is 11.3 Å². The van der Waals surface area contributed by atoms with Crippen molar-refractivity contribution in [2.24, 2.45) is 0 Å². The van der Waals surface area contributed by atoms with Crippen molar-refractivity contribution in [2.75, 3.05) is 16.8 Å². The Balaban J connectivity index is 1.59. The van der Waals surface area contributed by atoms with Crippen molar-refractivity contribution < 1.29 is 23.9 Å². The standard InChI is InChI=1S/C27H24N4O5S/c1-2-36-26(35)19-13-15-20(16-14-19)28-25(34)22-17-23(32)30(21-11-7-4-8-12-21)27(37)31(22)29-24(33)18-9-5-3-6-10-18/h3-16,22H,2,17H2,1H3,(H,28,34)(H,29,33)/t22-/m0/s1. The molecule has 4 rings (SSSR count). The summed E-state index contributed by atoms with van der Waals surface area (Å²) in [7, 11) is 0. The number of para-hydroxylation sites is 1. The van der Waals surface area contributed by atoms with E-state index in [1.165, 1.54) is 22.0 Å². The van der Waals surface area contributed by atoms with Gasteiger partial charge in [-0.2, -0.15) is 0 Å². The minimum atomic E-state index is -1.11. The van der Waals surface area contributed by atoms with E-state index < -0.39 is 23.8 Å². The number of rotatable bonds is 7. The first-order valence-electron chi connectivity index (χ1n) is 11.5. The molecule has 0 spiro atoms. The first-order chi connectivity index (χ1) is 17.9. The highest BCUT2D eigenvalue weighted by molar-refractivity contribution is 7.80. The highest BCUT2D eigenvalue weighted by atomic mass is 32.1. The maximum atomic E-state index is 13.3. The van der Waals surface area contributed by atoms with Crippen LogP contribution < -0.4 is 15.6 Å². The number of nitrogens with one attached hydrogen (secondary N) is 2. The van der Waals surface area contributed by atoms with Gasteiger partial charge in [0.2, 0.25) is 16.9 Å². The van der Waals surface area contributed by atoms with Gasteiger partial charge in [-0.1, -0.05) is 36.4 Å². The summed E-state index contributed by atoms with van der Waals surface area (Å²) in [6.45, 7) is 1.96. The van der Waals surface area contributed by atoms with E-state index in [-0.39, 0.29) is 24.0 Å².